The molecule has 3 nitrogen and oxygen atoms in total. The molecule has 0 aromatic heterocycles. The van der Waals surface area contributed by atoms with E-state index in [0.29, 0.717) is 0 Å². The molecule has 2 rings (SSSR count). The van der Waals surface area contributed by atoms with Gasteiger partial charge in [0.25, 0.3) is 10.1 Å². The van der Waals surface area contributed by atoms with Crippen molar-refractivity contribution in [1.82, 2.24) is 0 Å². The molecule has 4 heteroatoms. The van der Waals surface area contributed by atoms with Gasteiger partial charge in [-0.15, -0.1) is 0 Å². The molecule has 0 N–H and O–H groups in total. The molecule has 20 heavy (non-hydrogen) atoms. The Bertz CT molecular complexity index is 472. The molecule has 1 aromatic rings. The molecule has 1 fully saturated rings. The Labute approximate surface area is 122 Å². The van der Waals surface area contributed by atoms with Crippen LogP contribution in [0, 0.1) is 0 Å². The maximum Gasteiger partial charge on any atom is 0.297 e. The normalized spacial score (nSPS) is 19.6. The van der Waals surface area contributed by atoms with E-state index in [2.05, 4.69) is 0 Å². The van der Waals surface area contributed by atoms with Gasteiger partial charge >= 0.3 is 0 Å². The standard InChI is InChI=1S/C16H24O3S/c17-20(18,16-13-9-6-10-14-16)19-15-11-7-4-2-1-3-5-8-12-15/h6,9-10,13-15H,1-5,7-8,11-12H2. The van der Waals surface area contributed by atoms with Gasteiger partial charge in [0.2, 0.25) is 0 Å². The molecular weight excluding hydrogens is 272 g/mol. The minimum atomic E-state index is -3.61. The third-order valence-electron chi connectivity index (χ3n) is 3.85. The SMILES string of the molecule is O=S(=O)(OC1CCCCCCCCC1)c1ccccc1. The smallest absolute Gasteiger partial charge is 0.263 e. The zero-order chi connectivity index (χ0) is 14.3. The van der Waals surface area contributed by atoms with Gasteiger partial charge in [0.05, 0.1) is 11.0 Å². The summed E-state index contributed by atoms with van der Waals surface area (Å²) in [5.41, 5.74) is 0. The van der Waals surface area contributed by atoms with Crippen molar-refractivity contribution in [2.24, 2.45) is 0 Å². The molecular formula is C16H24O3S. The molecule has 112 valence electrons. The predicted octanol–water partition coefficient (Wildman–Crippen LogP) is 4.29. The fourth-order valence-corrected chi connectivity index (χ4v) is 3.84. The van der Waals surface area contributed by atoms with Gasteiger partial charge in [-0.25, -0.2) is 0 Å². The van der Waals surface area contributed by atoms with Crippen LogP contribution in [0.25, 0.3) is 0 Å². The second-order valence-corrected chi connectivity index (χ2v) is 7.11. The molecule has 0 atom stereocenters. The van der Waals surface area contributed by atoms with Crippen LogP contribution in [0.5, 0.6) is 0 Å². The fourth-order valence-electron chi connectivity index (χ4n) is 2.69. The van der Waals surface area contributed by atoms with E-state index in [1.807, 2.05) is 6.07 Å². The average molecular weight is 296 g/mol. The second-order valence-electron chi connectivity index (χ2n) is 5.54. The maximum absolute atomic E-state index is 12.2. The van der Waals surface area contributed by atoms with Gasteiger partial charge in [-0.3, -0.25) is 4.18 Å². The Hall–Kier alpha value is -0.870. The quantitative estimate of drug-likeness (QED) is 0.782. The molecule has 0 amide bonds. The highest BCUT2D eigenvalue weighted by Crippen LogP contribution is 2.22. The number of benzene rings is 1. The lowest BCUT2D eigenvalue weighted by molar-refractivity contribution is 0.178. The first kappa shape index (κ1) is 15.5. The monoisotopic (exact) mass is 296 g/mol. The van der Waals surface area contributed by atoms with Crippen LogP contribution < -0.4 is 0 Å². The van der Waals surface area contributed by atoms with Crippen molar-refractivity contribution in [2.45, 2.75) is 68.8 Å². The Morgan fingerprint density at radius 2 is 1.30 bits per heavy atom. The van der Waals surface area contributed by atoms with Crippen LogP contribution in [0.3, 0.4) is 0 Å². The molecule has 1 aliphatic rings. The van der Waals surface area contributed by atoms with E-state index in [1.54, 1.807) is 24.3 Å². The van der Waals surface area contributed by atoms with Crippen LogP contribution in [0.4, 0.5) is 0 Å². The van der Waals surface area contributed by atoms with Crippen LogP contribution in [0.2, 0.25) is 0 Å². The van der Waals surface area contributed by atoms with Crippen molar-refractivity contribution in [3.63, 3.8) is 0 Å². The lowest BCUT2D eigenvalue weighted by atomic mass is 9.99. The average Bonchev–Trinajstić information content (AvgIpc) is 2.46. The molecule has 1 aliphatic carbocycles. The van der Waals surface area contributed by atoms with Gasteiger partial charge < -0.3 is 0 Å². The highest BCUT2D eigenvalue weighted by molar-refractivity contribution is 7.86. The number of hydrogen-bond donors (Lipinski definition) is 0. The maximum atomic E-state index is 12.2. The second kappa shape index (κ2) is 7.79. The van der Waals surface area contributed by atoms with Gasteiger partial charge in [0.1, 0.15) is 0 Å². The molecule has 0 heterocycles. The summed E-state index contributed by atoms with van der Waals surface area (Å²) in [6, 6.07) is 8.45. The van der Waals surface area contributed by atoms with Crippen molar-refractivity contribution in [1.29, 1.82) is 0 Å². The van der Waals surface area contributed by atoms with E-state index < -0.39 is 10.1 Å². The van der Waals surface area contributed by atoms with Crippen molar-refractivity contribution in [3.05, 3.63) is 30.3 Å². The summed E-state index contributed by atoms with van der Waals surface area (Å²) in [4.78, 5) is 0.261. The summed E-state index contributed by atoms with van der Waals surface area (Å²) in [6.45, 7) is 0. The molecule has 1 aromatic carbocycles. The van der Waals surface area contributed by atoms with E-state index in [9.17, 15) is 8.42 Å². The summed E-state index contributed by atoms with van der Waals surface area (Å²) < 4.78 is 29.9. The number of rotatable bonds is 3. The Morgan fingerprint density at radius 1 is 0.800 bits per heavy atom. The first-order valence-corrected chi connectivity index (χ1v) is 9.08. The lowest BCUT2D eigenvalue weighted by Crippen LogP contribution is -2.19. The van der Waals surface area contributed by atoms with E-state index in [-0.39, 0.29) is 11.0 Å². The fraction of sp³-hybridized carbons (Fsp3) is 0.625. The predicted molar refractivity (Wildman–Crippen MR) is 80.1 cm³/mol. The molecule has 0 saturated heterocycles. The molecule has 0 radical (unpaired) electrons. The Kier molecular flexibility index (Phi) is 6.05. The summed E-state index contributed by atoms with van der Waals surface area (Å²) in [5.74, 6) is 0. The van der Waals surface area contributed by atoms with Crippen LogP contribution >= 0.6 is 0 Å². The topological polar surface area (TPSA) is 43.4 Å². The van der Waals surface area contributed by atoms with Crippen LogP contribution in [-0.4, -0.2) is 14.5 Å². The van der Waals surface area contributed by atoms with Crippen LogP contribution in [0.15, 0.2) is 35.2 Å². The largest absolute Gasteiger partial charge is 0.297 e. The van der Waals surface area contributed by atoms with E-state index in [4.69, 9.17) is 4.18 Å². The van der Waals surface area contributed by atoms with Crippen molar-refractivity contribution in [2.75, 3.05) is 0 Å². The highest BCUT2D eigenvalue weighted by atomic mass is 32.2. The number of hydrogen-bond acceptors (Lipinski definition) is 3. The zero-order valence-electron chi connectivity index (χ0n) is 12.0. The van der Waals surface area contributed by atoms with Crippen LogP contribution in [0.1, 0.15) is 57.8 Å². The molecule has 1 saturated carbocycles. The van der Waals surface area contributed by atoms with Crippen LogP contribution in [-0.2, 0) is 14.3 Å². The van der Waals surface area contributed by atoms with Gasteiger partial charge in [0.15, 0.2) is 0 Å². The van der Waals surface area contributed by atoms with Gasteiger partial charge in [-0.05, 0) is 25.0 Å². The first-order chi connectivity index (χ1) is 9.68. The van der Waals surface area contributed by atoms with Crippen molar-refractivity contribution >= 4 is 10.1 Å². The minimum absolute atomic E-state index is 0.154. The molecule has 0 bridgehead atoms. The van der Waals surface area contributed by atoms with Gasteiger partial charge in [-0.1, -0.05) is 63.1 Å². The molecule has 0 spiro atoms. The van der Waals surface area contributed by atoms with Crippen molar-refractivity contribution < 1.29 is 12.6 Å². The summed E-state index contributed by atoms with van der Waals surface area (Å²) in [7, 11) is -3.61. The molecule has 0 unspecified atom stereocenters. The summed E-state index contributed by atoms with van der Waals surface area (Å²) >= 11 is 0. The third-order valence-corrected chi connectivity index (χ3v) is 5.22. The zero-order valence-corrected chi connectivity index (χ0v) is 12.8. The highest BCUT2D eigenvalue weighted by Gasteiger charge is 2.21. The summed E-state index contributed by atoms with van der Waals surface area (Å²) in [6.07, 6.45) is 9.89. The molecule has 0 aliphatic heterocycles. The van der Waals surface area contributed by atoms with E-state index in [1.165, 1.54) is 32.1 Å². The summed E-state index contributed by atoms with van der Waals surface area (Å²) in [5, 5.41) is 0. The Morgan fingerprint density at radius 3 is 1.85 bits per heavy atom. The third kappa shape index (κ3) is 4.91. The Balaban J connectivity index is 1.98. The first-order valence-electron chi connectivity index (χ1n) is 7.67. The van der Waals surface area contributed by atoms with Gasteiger partial charge in [-0.2, -0.15) is 8.42 Å². The lowest BCUT2D eigenvalue weighted by Gasteiger charge is -2.18. The van der Waals surface area contributed by atoms with Crippen molar-refractivity contribution in [3.8, 4) is 0 Å². The van der Waals surface area contributed by atoms with Gasteiger partial charge in [0, 0.05) is 0 Å². The van der Waals surface area contributed by atoms with E-state index >= 15 is 0 Å². The minimum Gasteiger partial charge on any atom is -0.263 e. The van der Waals surface area contributed by atoms with E-state index in [0.717, 1.165) is 25.7 Å².